The fourth-order valence-electron chi connectivity index (χ4n) is 2.76. The van der Waals surface area contributed by atoms with E-state index in [0.29, 0.717) is 6.04 Å². The van der Waals surface area contributed by atoms with E-state index >= 15 is 0 Å². The summed E-state index contributed by atoms with van der Waals surface area (Å²) in [5.41, 5.74) is 1.21. The number of rotatable bonds is 6. The van der Waals surface area contributed by atoms with Crippen LogP contribution in [0.1, 0.15) is 25.5 Å². The molecular formula is C16H26N2O2. The summed E-state index contributed by atoms with van der Waals surface area (Å²) in [6.45, 7) is 9.27. The van der Waals surface area contributed by atoms with Gasteiger partial charge in [-0.2, -0.15) is 0 Å². The van der Waals surface area contributed by atoms with Gasteiger partial charge in [0.1, 0.15) is 5.75 Å². The second kappa shape index (κ2) is 7.62. The average Bonchev–Trinajstić information content (AvgIpc) is 2.48. The third kappa shape index (κ3) is 4.20. The van der Waals surface area contributed by atoms with Crippen LogP contribution in [0, 0.1) is 0 Å². The lowest BCUT2D eigenvalue weighted by atomic mass is 10.1. The largest absolute Gasteiger partial charge is 0.496 e. The molecule has 2 unspecified atom stereocenters. The number of hydrogen-bond donors (Lipinski definition) is 1. The number of nitrogens with one attached hydrogen (secondary N) is 1. The van der Waals surface area contributed by atoms with Gasteiger partial charge in [-0.15, -0.1) is 0 Å². The van der Waals surface area contributed by atoms with Crippen molar-refractivity contribution in [1.29, 1.82) is 0 Å². The maximum Gasteiger partial charge on any atom is 0.123 e. The summed E-state index contributed by atoms with van der Waals surface area (Å²) in [6.07, 6.45) is 0. The Kier molecular flexibility index (Phi) is 5.83. The van der Waals surface area contributed by atoms with Gasteiger partial charge < -0.3 is 14.8 Å². The molecule has 4 heteroatoms. The van der Waals surface area contributed by atoms with E-state index in [1.54, 1.807) is 7.11 Å². The van der Waals surface area contributed by atoms with Crippen LogP contribution < -0.4 is 10.1 Å². The molecule has 1 aliphatic rings. The van der Waals surface area contributed by atoms with Crippen molar-refractivity contribution in [3.05, 3.63) is 29.8 Å². The van der Waals surface area contributed by atoms with Gasteiger partial charge in [0.2, 0.25) is 0 Å². The van der Waals surface area contributed by atoms with Gasteiger partial charge in [-0.3, -0.25) is 4.90 Å². The molecular weight excluding hydrogens is 252 g/mol. The van der Waals surface area contributed by atoms with Gasteiger partial charge in [0.15, 0.2) is 0 Å². The zero-order chi connectivity index (χ0) is 14.4. The van der Waals surface area contributed by atoms with E-state index in [2.05, 4.69) is 36.2 Å². The van der Waals surface area contributed by atoms with E-state index in [1.807, 2.05) is 12.1 Å². The van der Waals surface area contributed by atoms with Gasteiger partial charge in [0.05, 0.1) is 20.3 Å². The van der Waals surface area contributed by atoms with Crippen molar-refractivity contribution in [3.63, 3.8) is 0 Å². The van der Waals surface area contributed by atoms with Crippen molar-refractivity contribution in [2.45, 2.75) is 25.9 Å². The molecule has 0 amide bonds. The predicted octanol–water partition coefficient (Wildman–Crippen LogP) is 2.07. The molecule has 0 bridgehead atoms. The highest BCUT2D eigenvalue weighted by Crippen LogP contribution is 2.24. The fourth-order valence-corrected chi connectivity index (χ4v) is 2.76. The van der Waals surface area contributed by atoms with Crippen LogP contribution in [-0.4, -0.2) is 50.9 Å². The highest BCUT2D eigenvalue weighted by atomic mass is 16.5. The number of ether oxygens (including phenoxy) is 2. The summed E-state index contributed by atoms with van der Waals surface area (Å²) in [5.74, 6) is 0.950. The highest BCUT2D eigenvalue weighted by molar-refractivity contribution is 5.35. The maximum atomic E-state index is 5.43. The molecule has 20 heavy (non-hydrogen) atoms. The zero-order valence-corrected chi connectivity index (χ0v) is 12.8. The van der Waals surface area contributed by atoms with E-state index in [1.165, 1.54) is 5.56 Å². The van der Waals surface area contributed by atoms with E-state index in [0.717, 1.165) is 38.6 Å². The minimum absolute atomic E-state index is 0.280. The number of hydrogen-bond acceptors (Lipinski definition) is 4. The molecule has 1 aliphatic heterocycles. The summed E-state index contributed by atoms with van der Waals surface area (Å²) < 4.78 is 10.8. The zero-order valence-electron chi connectivity index (χ0n) is 12.8. The van der Waals surface area contributed by atoms with Crippen LogP contribution in [0.5, 0.6) is 5.75 Å². The van der Waals surface area contributed by atoms with Crippen molar-refractivity contribution in [2.24, 2.45) is 0 Å². The van der Waals surface area contributed by atoms with Crippen molar-refractivity contribution < 1.29 is 9.47 Å². The molecule has 1 heterocycles. The normalized spacial score (nSPS) is 19.6. The quantitative estimate of drug-likeness (QED) is 0.863. The van der Waals surface area contributed by atoms with E-state index in [4.69, 9.17) is 9.47 Å². The molecule has 1 N–H and O–H groups in total. The van der Waals surface area contributed by atoms with Gasteiger partial charge >= 0.3 is 0 Å². The Morgan fingerprint density at radius 3 is 2.65 bits per heavy atom. The Hall–Kier alpha value is -1.10. The molecule has 0 radical (unpaired) electrons. The molecule has 1 saturated heterocycles. The summed E-state index contributed by atoms with van der Waals surface area (Å²) >= 11 is 0. The van der Waals surface area contributed by atoms with Gasteiger partial charge in [-0.25, -0.2) is 0 Å². The third-order valence-electron chi connectivity index (χ3n) is 3.78. The second-order valence-electron chi connectivity index (χ2n) is 5.44. The summed E-state index contributed by atoms with van der Waals surface area (Å²) in [5, 5.41) is 3.66. The van der Waals surface area contributed by atoms with Gasteiger partial charge in [0, 0.05) is 37.3 Å². The summed E-state index contributed by atoms with van der Waals surface area (Å²) in [4.78, 5) is 2.45. The maximum absolute atomic E-state index is 5.43. The Balaban J connectivity index is 1.87. The monoisotopic (exact) mass is 278 g/mol. The van der Waals surface area contributed by atoms with Crippen LogP contribution in [0.4, 0.5) is 0 Å². The SMILES string of the molecule is COc1ccccc1C(C)NC(C)CN1CCOCC1. The molecule has 0 aliphatic carbocycles. The first-order chi connectivity index (χ1) is 9.70. The molecule has 2 rings (SSSR count). The summed E-state index contributed by atoms with van der Waals surface area (Å²) in [7, 11) is 1.72. The molecule has 1 aromatic carbocycles. The van der Waals surface area contributed by atoms with Crippen molar-refractivity contribution in [3.8, 4) is 5.75 Å². The van der Waals surface area contributed by atoms with Crippen LogP contribution in [0.15, 0.2) is 24.3 Å². The van der Waals surface area contributed by atoms with Gasteiger partial charge in [-0.1, -0.05) is 18.2 Å². The Morgan fingerprint density at radius 1 is 1.25 bits per heavy atom. The van der Waals surface area contributed by atoms with E-state index < -0.39 is 0 Å². The minimum atomic E-state index is 0.280. The number of methoxy groups -OCH3 is 1. The standard InChI is InChI=1S/C16H26N2O2/c1-13(12-18-8-10-20-11-9-18)17-14(2)15-6-4-5-7-16(15)19-3/h4-7,13-14,17H,8-12H2,1-3H3. The third-order valence-corrected chi connectivity index (χ3v) is 3.78. The molecule has 2 atom stereocenters. The van der Waals surface area contributed by atoms with Crippen molar-refractivity contribution in [1.82, 2.24) is 10.2 Å². The molecule has 112 valence electrons. The lowest BCUT2D eigenvalue weighted by Gasteiger charge is -2.31. The molecule has 1 aromatic rings. The van der Waals surface area contributed by atoms with Gasteiger partial charge in [0.25, 0.3) is 0 Å². The minimum Gasteiger partial charge on any atom is -0.496 e. The fraction of sp³-hybridized carbons (Fsp3) is 0.625. The van der Waals surface area contributed by atoms with E-state index in [9.17, 15) is 0 Å². The van der Waals surface area contributed by atoms with Crippen LogP contribution >= 0.6 is 0 Å². The lowest BCUT2D eigenvalue weighted by Crippen LogP contribution is -2.45. The second-order valence-corrected chi connectivity index (χ2v) is 5.44. The molecule has 4 nitrogen and oxygen atoms in total. The topological polar surface area (TPSA) is 33.7 Å². The van der Waals surface area contributed by atoms with Crippen LogP contribution in [0.3, 0.4) is 0 Å². The van der Waals surface area contributed by atoms with E-state index in [-0.39, 0.29) is 6.04 Å². The first-order valence-corrected chi connectivity index (χ1v) is 7.39. The Bertz CT molecular complexity index is 405. The predicted molar refractivity (Wildman–Crippen MR) is 81.3 cm³/mol. The summed E-state index contributed by atoms with van der Waals surface area (Å²) in [6, 6.07) is 8.92. The number of morpholine rings is 1. The first-order valence-electron chi connectivity index (χ1n) is 7.39. The van der Waals surface area contributed by atoms with Crippen LogP contribution in [-0.2, 0) is 4.74 Å². The molecule has 0 aromatic heterocycles. The average molecular weight is 278 g/mol. The number of nitrogens with zero attached hydrogens (tertiary/aromatic N) is 1. The van der Waals surface area contributed by atoms with Gasteiger partial charge in [-0.05, 0) is 19.9 Å². The van der Waals surface area contributed by atoms with Crippen molar-refractivity contribution >= 4 is 0 Å². The molecule has 0 spiro atoms. The van der Waals surface area contributed by atoms with Crippen LogP contribution in [0.25, 0.3) is 0 Å². The Morgan fingerprint density at radius 2 is 1.95 bits per heavy atom. The van der Waals surface area contributed by atoms with Crippen molar-refractivity contribution in [2.75, 3.05) is 40.0 Å². The smallest absolute Gasteiger partial charge is 0.123 e. The molecule has 0 saturated carbocycles. The number of para-hydroxylation sites is 1. The van der Waals surface area contributed by atoms with Crippen LogP contribution in [0.2, 0.25) is 0 Å². The highest BCUT2D eigenvalue weighted by Gasteiger charge is 2.17. The molecule has 1 fully saturated rings. The number of benzene rings is 1. The lowest BCUT2D eigenvalue weighted by molar-refractivity contribution is 0.0339. The first kappa shape index (κ1) is 15.3. The Labute approximate surface area is 122 Å².